The first-order valence-corrected chi connectivity index (χ1v) is 10.5. The van der Waals surface area contributed by atoms with Crippen LogP contribution in [0.5, 0.6) is 0 Å². The number of hydrogen-bond donors (Lipinski definition) is 1. The summed E-state index contributed by atoms with van der Waals surface area (Å²) in [5, 5.41) is 7.41. The molecule has 0 aliphatic carbocycles. The molecule has 0 unspecified atom stereocenters. The van der Waals surface area contributed by atoms with Crippen molar-refractivity contribution in [3.8, 4) is 5.69 Å². The van der Waals surface area contributed by atoms with E-state index < -0.39 is 0 Å². The number of para-hydroxylation sites is 1. The molecule has 6 heteroatoms. The van der Waals surface area contributed by atoms with E-state index in [1.54, 1.807) is 0 Å². The van der Waals surface area contributed by atoms with Crippen molar-refractivity contribution in [2.45, 2.75) is 25.9 Å². The van der Waals surface area contributed by atoms with Crippen LogP contribution in [-0.4, -0.2) is 52.2 Å². The average Bonchev–Trinajstić information content (AvgIpc) is 3.42. The molecule has 30 heavy (non-hydrogen) atoms. The van der Waals surface area contributed by atoms with Crippen molar-refractivity contribution < 1.29 is 4.79 Å². The van der Waals surface area contributed by atoms with Gasteiger partial charge in [0.2, 0.25) is 5.91 Å². The van der Waals surface area contributed by atoms with Crippen LogP contribution >= 0.6 is 0 Å². The molecule has 0 radical (unpaired) electrons. The maximum absolute atomic E-state index is 12.4. The van der Waals surface area contributed by atoms with Gasteiger partial charge in [-0.15, -0.1) is 0 Å². The van der Waals surface area contributed by atoms with Gasteiger partial charge in [-0.2, -0.15) is 5.10 Å². The summed E-state index contributed by atoms with van der Waals surface area (Å²) < 4.78 is 1.85. The summed E-state index contributed by atoms with van der Waals surface area (Å²) in [4.78, 5) is 16.9. The maximum Gasteiger partial charge on any atom is 0.238 e. The van der Waals surface area contributed by atoms with Crippen molar-refractivity contribution in [3.05, 3.63) is 78.1 Å². The predicted molar refractivity (Wildman–Crippen MR) is 119 cm³/mol. The Morgan fingerprint density at radius 3 is 2.50 bits per heavy atom. The third-order valence-corrected chi connectivity index (χ3v) is 5.37. The van der Waals surface area contributed by atoms with Gasteiger partial charge in [-0.3, -0.25) is 14.6 Å². The largest absolute Gasteiger partial charge is 0.325 e. The van der Waals surface area contributed by atoms with E-state index >= 15 is 0 Å². The standard InChI is InChI=1S/C24H29N5O/c1-27(16-21-15-25-29(18-21)23-7-3-2-4-8-23)19-24(30)26-22-11-9-20(10-12-22)17-28-13-5-6-14-28/h2-4,7-12,15,18H,5-6,13-14,16-17,19H2,1H3,(H,26,30). The predicted octanol–water partition coefficient (Wildman–Crippen LogP) is 3.54. The minimum absolute atomic E-state index is 0.0137. The van der Waals surface area contributed by atoms with Crippen molar-refractivity contribution in [1.82, 2.24) is 19.6 Å². The van der Waals surface area contributed by atoms with Crippen LogP contribution in [0, 0.1) is 0 Å². The second-order valence-electron chi connectivity index (χ2n) is 8.03. The first kappa shape index (κ1) is 20.3. The molecule has 2 heterocycles. The molecule has 0 atom stereocenters. The summed E-state index contributed by atoms with van der Waals surface area (Å²) in [6, 6.07) is 18.2. The molecule has 1 amide bonds. The second kappa shape index (κ2) is 9.69. The Morgan fingerprint density at radius 2 is 1.77 bits per heavy atom. The quantitative estimate of drug-likeness (QED) is 0.625. The van der Waals surface area contributed by atoms with Gasteiger partial charge in [0.1, 0.15) is 0 Å². The molecular weight excluding hydrogens is 374 g/mol. The number of benzene rings is 2. The lowest BCUT2D eigenvalue weighted by molar-refractivity contribution is -0.117. The lowest BCUT2D eigenvalue weighted by Gasteiger charge is -2.16. The van der Waals surface area contributed by atoms with E-state index in [1.807, 2.05) is 71.5 Å². The Labute approximate surface area is 178 Å². The molecule has 0 bridgehead atoms. The van der Waals surface area contributed by atoms with Gasteiger partial charge in [0, 0.05) is 30.5 Å². The van der Waals surface area contributed by atoms with Gasteiger partial charge in [0.05, 0.1) is 18.4 Å². The number of amides is 1. The molecule has 1 saturated heterocycles. The number of likely N-dealkylation sites (N-methyl/N-ethyl adjacent to an activating group) is 1. The van der Waals surface area contributed by atoms with Gasteiger partial charge < -0.3 is 5.32 Å². The van der Waals surface area contributed by atoms with Crippen LogP contribution in [0.2, 0.25) is 0 Å². The van der Waals surface area contributed by atoms with Crippen LogP contribution < -0.4 is 5.32 Å². The number of carbonyl (C=O) groups is 1. The Hall–Kier alpha value is -2.96. The van der Waals surface area contributed by atoms with Crippen LogP contribution in [-0.2, 0) is 17.9 Å². The summed E-state index contributed by atoms with van der Waals surface area (Å²) >= 11 is 0. The van der Waals surface area contributed by atoms with Crippen LogP contribution in [0.1, 0.15) is 24.0 Å². The van der Waals surface area contributed by atoms with Gasteiger partial charge in [-0.1, -0.05) is 30.3 Å². The molecule has 6 nitrogen and oxygen atoms in total. The summed E-state index contributed by atoms with van der Waals surface area (Å²) in [5.74, 6) is -0.0137. The van der Waals surface area contributed by atoms with Crippen molar-refractivity contribution in [3.63, 3.8) is 0 Å². The van der Waals surface area contributed by atoms with Crippen LogP contribution in [0.15, 0.2) is 67.0 Å². The van der Waals surface area contributed by atoms with E-state index in [9.17, 15) is 4.79 Å². The lowest BCUT2D eigenvalue weighted by Crippen LogP contribution is -2.29. The minimum Gasteiger partial charge on any atom is -0.325 e. The van der Waals surface area contributed by atoms with Crippen molar-refractivity contribution >= 4 is 11.6 Å². The zero-order chi connectivity index (χ0) is 20.8. The molecule has 0 spiro atoms. The Morgan fingerprint density at radius 1 is 1.03 bits per heavy atom. The highest BCUT2D eigenvalue weighted by atomic mass is 16.2. The minimum atomic E-state index is -0.0137. The van der Waals surface area contributed by atoms with Crippen molar-refractivity contribution in [1.29, 1.82) is 0 Å². The van der Waals surface area contributed by atoms with Gasteiger partial charge >= 0.3 is 0 Å². The molecule has 1 aliphatic rings. The Kier molecular flexibility index (Phi) is 6.57. The molecule has 1 aliphatic heterocycles. The van der Waals surface area contributed by atoms with Gasteiger partial charge in [0.25, 0.3) is 0 Å². The number of rotatable bonds is 8. The third-order valence-electron chi connectivity index (χ3n) is 5.37. The summed E-state index contributed by atoms with van der Waals surface area (Å²) in [6.45, 7) is 4.36. The SMILES string of the molecule is CN(CC(=O)Nc1ccc(CN2CCCC2)cc1)Cc1cnn(-c2ccccc2)c1. The number of hydrogen-bond acceptors (Lipinski definition) is 4. The number of nitrogens with one attached hydrogen (secondary N) is 1. The fourth-order valence-corrected chi connectivity index (χ4v) is 3.87. The zero-order valence-corrected chi connectivity index (χ0v) is 17.5. The number of aromatic nitrogens is 2. The lowest BCUT2D eigenvalue weighted by atomic mass is 10.2. The molecule has 1 aromatic heterocycles. The number of likely N-dealkylation sites (tertiary alicyclic amines) is 1. The molecule has 1 N–H and O–H groups in total. The van der Waals surface area contributed by atoms with E-state index in [0.29, 0.717) is 13.1 Å². The molecule has 2 aromatic carbocycles. The maximum atomic E-state index is 12.4. The highest BCUT2D eigenvalue weighted by Crippen LogP contribution is 2.15. The van der Waals surface area contributed by atoms with E-state index in [1.165, 1.54) is 31.5 Å². The highest BCUT2D eigenvalue weighted by Gasteiger charge is 2.12. The summed E-state index contributed by atoms with van der Waals surface area (Å²) in [6.07, 6.45) is 6.45. The van der Waals surface area contributed by atoms with Crippen molar-refractivity contribution in [2.24, 2.45) is 0 Å². The molecule has 1 fully saturated rings. The van der Waals surface area contributed by atoms with Gasteiger partial charge in [0.15, 0.2) is 0 Å². The first-order valence-electron chi connectivity index (χ1n) is 10.5. The molecule has 0 saturated carbocycles. The smallest absolute Gasteiger partial charge is 0.238 e. The Balaban J connectivity index is 1.25. The average molecular weight is 404 g/mol. The van der Waals surface area contributed by atoms with E-state index in [0.717, 1.165) is 23.5 Å². The van der Waals surface area contributed by atoms with Gasteiger partial charge in [-0.25, -0.2) is 4.68 Å². The molecule has 4 rings (SSSR count). The third kappa shape index (κ3) is 5.55. The van der Waals surface area contributed by atoms with Crippen LogP contribution in [0.4, 0.5) is 5.69 Å². The first-order chi connectivity index (χ1) is 14.7. The number of anilines is 1. The monoisotopic (exact) mass is 403 g/mol. The van der Waals surface area contributed by atoms with Gasteiger partial charge in [-0.05, 0) is 62.8 Å². The molecule has 3 aromatic rings. The van der Waals surface area contributed by atoms with E-state index in [2.05, 4.69) is 27.4 Å². The zero-order valence-electron chi connectivity index (χ0n) is 17.5. The highest BCUT2D eigenvalue weighted by molar-refractivity contribution is 5.92. The fourth-order valence-electron chi connectivity index (χ4n) is 3.87. The second-order valence-corrected chi connectivity index (χ2v) is 8.03. The normalized spacial score (nSPS) is 14.3. The fraction of sp³-hybridized carbons (Fsp3) is 0.333. The molecular formula is C24H29N5O. The number of carbonyl (C=O) groups excluding carboxylic acids is 1. The van der Waals surface area contributed by atoms with E-state index in [4.69, 9.17) is 0 Å². The Bertz CT molecular complexity index is 945. The van der Waals surface area contributed by atoms with Crippen LogP contribution in [0.25, 0.3) is 5.69 Å². The van der Waals surface area contributed by atoms with Crippen molar-refractivity contribution in [2.75, 3.05) is 32.0 Å². The van der Waals surface area contributed by atoms with E-state index in [-0.39, 0.29) is 5.91 Å². The topological polar surface area (TPSA) is 53.4 Å². The summed E-state index contributed by atoms with van der Waals surface area (Å²) in [7, 11) is 1.94. The molecule has 156 valence electrons. The number of nitrogens with zero attached hydrogens (tertiary/aromatic N) is 4. The summed E-state index contributed by atoms with van der Waals surface area (Å²) in [5.41, 5.74) is 4.23. The van der Waals surface area contributed by atoms with Crippen LogP contribution in [0.3, 0.4) is 0 Å².